The number of carbonyl (C=O) groups is 1. The molecule has 0 saturated carbocycles. The van der Waals surface area contributed by atoms with Crippen molar-refractivity contribution < 1.29 is 4.79 Å². The molecule has 2 atom stereocenters. The SMILES string of the molecule is C=C(/C=C\C=C(/C)C(=O)N(C)C)[C@H](Nc1cc(Cl)c2ncc(C#N)c(N[C@H](C)c3ccccc3)c2c1)c1cn(C2CCN(C(C)(C)C)CC2)nn1. The summed E-state index contributed by atoms with van der Waals surface area (Å²) in [7, 11) is 3.46. The van der Waals surface area contributed by atoms with Gasteiger partial charge in [0.25, 0.3) is 0 Å². The number of nitrogens with one attached hydrogen (secondary N) is 2. The van der Waals surface area contributed by atoms with Gasteiger partial charge < -0.3 is 15.5 Å². The van der Waals surface area contributed by atoms with E-state index in [1.165, 1.54) is 0 Å². The van der Waals surface area contributed by atoms with Crippen LogP contribution in [0.15, 0.2) is 90.8 Å². The fourth-order valence-electron chi connectivity index (χ4n) is 6.39. The second-order valence-electron chi connectivity index (χ2n) is 14.4. The van der Waals surface area contributed by atoms with Crippen LogP contribution in [0.5, 0.6) is 0 Å². The Morgan fingerprint density at radius 1 is 1.16 bits per heavy atom. The van der Waals surface area contributed by atoms with Crippen molar-refractivity contribution in [3.8, 4) is 6.07 Å². The van der Waals surface area contributed by atoms with Gasteiger partial charge in [-0.1, -0.05) is 72.0 Å². The minimum Gasteiger partial charge on any atom is -0.377 e. The quantitative estimate of drug-likeness (QED) is 0.118. The van der Waals surface area contributed by atoms with E-state index >= 15 is 0 Å². The maximum absolute atomic E-state index is 12.4. The zero-order chi connectivity index (χ0) is 36.9. The number of carbonyl (C=O) groups excluding carboxylic acids is 1. The Hall–Kier alpha value is -4.98. The molecule has 0 bridgehead atoms. The van der Waals surface area contributed by atoms with E-state index in [9.17, 15) is 10.1 Å². The van der Waals surface area contributed by atoms with Gasteiger partial charge in [0.15, 0.2) is 0 Å². The van der Waals surface area contributed by atoms with E-state index in [2.05, 4.69) is 71.2 Å². The molecule has 3 heterocycles. The topological polar surface area (TPSA) is 115 Å². The number of rotatable bonds is 11. The maximum atomic E-state index is 12.4. The number of aromatic nitrogens is 4. The summed E-state index contributed by atoms with van der Waals surface area (Å²) in [5.41, 5.74) is 5.56. The predicted octanol–water partition coefficient (Wildman–Crippen LogP) is 8.26. The van der Waals surface area contributed by atoms with Gasteiger partial charge in [0.05, 0.1) is 40.1 Å². The van der Waals surface area contributed by atoms with Crippen LogP contribution < -0.4 is 10.6 Å². The highest BCUT2D eigenvalue weighted by Crippen LogP contribution is 2.37. The van der Waals surface area contributed by atoms with Crippen LogP contribution in [-0.4, -0.2) is 68.4 Å². The summed E-state index contributed by atoms with van der Waals surface area (Å²) >= 11 is 6.89. The van der Waals surface area contributed by atoms with Crippen molar-refractivity contribution in [1.29, 1.82) is 5.26 Å². The van der Waals surface area contributed by atoms with Gasteiger partial charge >= 0.3 is 0 Å². The van der Waals surface area contributed by atoms with Gasteiger partial charge in [-0.25, -0.2) is 4.68 Å². The van der Waals surface area contributed by atoms with Crippen molar-refractivity contribution in [2.45, 2.75) is 71.1 Å². The number of fused-ring (bicyclic) bond motifs is 1. The third kappa shape index (κ3) is 8.85. The summed E-state index contributed by atoms with van der Waals surface area (Å²) in [4.78, 5) is 21.0. The Morgan fingerprint density at radius 3 is 2.51 bits per heavy atom. The molecule has 0 aliphatic carbocycles. The highest BCUT2D eigenvalue weighted by molar-refractivity contribution is 6.35. The van der Waals surface area contributed by atoms with Crippen molar-refractivity contribution in [1.82, 2.24) is 29.8 Å². The molecule has 0 radical (unpaired) electrons. The van der Waals surface area contributed by atoms with E-state index in [-0.39, 0.29) is 23.5 Å². The second kappa shape index (κ2) is 15.9. The number of piperidine rings is 1. The lowest BCUT2D eigenvalue weighted by atomic mass is 9.98. The van der Waals surface area contributed by atoms with Crippen molar-refractivity contribution >= 4 is 39.8 Å². The van der Waals surface area contributed by atoms with E-state index in [4.69, 9.17) is 11.6 Å². The molecule has 11 heteroatoms. The Morgan fingerprint density at radius 2 is 1.86 bits per heavy atom. The first-order valence-electron chi connectivity index (χ1n) is 17.3. The number of benzene rings is 2. The normalized spacial score (nSPS) is 15.8. The minimum atomic E-state index is -0.483. The average molecular weight is 706 g/mol. The molecule has 1 fully saturated rings. The average Bonchev–Trinajstić information content (AvgIpc) is 3.60. The summed E-state index contributed by atoms with van der Waals surface area (Å²) in [5, 5.41) is 27.6. The molecule has 0 spiro atoms. The molecule has 4 aromatic rings. The lowest BCUT2D eigenvalue weighted by Gasteiger charge is -2.40. The first-order valence-corrected chi connectivity index (χ1v) is 17.7. The van der Waals surface area contributed by atoms with Crippen LogP contribution in [0.2, 0.25) is 5.02 Å². The highest BCUT2D eigenvalue weighted by atomic mass is 35.5. The lowest BCUT2D eigenvalue weighted by molar-refractivity contribution is -0.124. The highest BCUT2D eigenvalue weighted by Gasteiger charge is 2.29. The van der Waals surface area contributed by atoms with E-state index in [0.717, 1.165) is 31.5 Å². The number of nitrogens with zero attached hydrogens (tertiary/aromatic N) is 7. The largest absolute Gasteiger partial charge is 0.377 e. The van der Waals surface area contributed by atoms with Gasteiger partial charge in [0.2, 0.25) is 5.91 Å². The molecular weight excluding hydrogens is 658 g/mol. The van der Waals surface area contributed by atoms with Crippen LogP contribution in [-0.2, 0) is 4.79 Å². The predicted molar refractivity (Wildman–Crippen MR) is 207 cm³/mol. The zero-order valence-corrected chi connectivity index (χ0v) is 31.4. The van der Waals surface area contributed by atoms with Gasteiger partial charge in [-0.3, -0.25) is 14.7 Å². The number of nitriles is 1. The van der Waals surface area contributed by atoms with E-state index in [1.807, 2.05) is 65.5 Å². The van der Waals surface area contributed by atoms with Gasteiger partial charge in [0.1, 0.15) is 11.8 Å². The van der Waals surface area contributed by atoms with Crippen molar-refractivity contribution in [3.63, 3.8) is 0 Å². The molecule has 1 amide bonds. The van der Waals surface area contributed by atoms with E-state index < -0.39 is 6.04 Å². The fraction of sp³-hybridized carbons (Fsp3) is 0.375. The molecule has 266 valence electrons. The third-order valence-corrected chi connectivity index (χ3v) is 9.69. The van der Waals surface area contributed by atoms with E-state index in [1.54, 1.807) is 38.2 Å². The Bertz CT molecular complexity index is 1980. The lowest BCUT2D eigenvalue weighted by Crippen LogP contribution is -2.46. The Kier molecular flexibility index (Phi) is 11.6. The van der Waals surface area contributed by atoms with Crippen LogP contribution >= 0.6 is 11.6 Å². The van der Waals surface area contributed by atoms with Crippen molar-refractivity contribution in [2.24, 2.45) is 0 Å². The van der Waals surface area contributed by atoms with Crippen LogP contribution in [0, 0.1) is 11.3 Å². The van der Waals surface area contributed by atoms with Crippen LogP contribution in [0.4, 0.5) is 11.4 Å². The molecule has 10 nitrogen and oxygen atoms in total. The minimum absolute atomic E-state index is 0.0671. The van der Waals surface area contributed by atoms with Gasteiger partial charge in [-0.05, 0) is 70.7 Å². The number of pyridine rings is 1. The molecule has 1 aliphatic rings. The number of halogens is 1. The number of likely N-dealkylation sites (N-methyl/N-ethyl adjacent to an activating group) is 1. The first kappa shape index (κ1) is 37.3. The summed E-state index contributed by atoms with van der Waals surface area (Å²) in [5.74, 6) is -0.0671. The Labute approximate surface area is 306 Å². The third-order valence-electron chi connectivity index (χ3n) is 9.40. The first-order chi connectivity index (χ1) is 24.3. The number of amides is 1. The molecule has 1 saturated heterocycles. The number of likely N-dealkylation sites (tertiary alicyclic amines) is 1. The van der Waals surface area contributed by atoms with Crippen LogP contribution in [0.1, 0.15) is 82.4 Å². The molecule has 1 aliphatic heterocycles. The summed E-state index contributed by atoms with van der Waals surface area (Å²) in [6, 6.07) is 15.8. The fourth-order valence-corrected chi connectivity index (χ4v) is 6.65. The van der Waals surface area contributed by atoms with Crippen molar-refractivity contribution in [3.05, 3.63) is 113 Å². The number of hydrogen-bond donors (Lipinski definition) is 2. The standard InChI is InChI=1S/C40H48ClN9O/c1-26(13-12-14-27(2)39(51)48(7)8)36(35-25-50(47-46-35)32-17-19-49(20-18-32)40(4,5)6)45-31-21-33-37(44-28(3)29-15-10-9-11-16-29)30(23-42)24-43-38(33)34(41)22-31/h9-16,21-22,24-25,28,32,36,45H,1,17-20H2,2-8H3,(H,43,44)/b13-12-,27-14+/t28-,36+/m1/s1. The van der Waals surface area contributed by atoms with Crippen molar-refractivity contribution in [2.75, 3.05) is 37.8 Å². The van der Waals surface area contributed by atoms with Crippen LogP contribution in [0.25, 0.3) is 10.9 Å². The van der Waals surface area contributed by atoms with Crippen LogP contribution in [0.3, 0.4) is 0 Å². The Balaban J connectivity index is 1.50. The zero-order valence-electron chi connectivity index (χ0n) is 30.6. The second-order valence-corrected chi connectivity index (χ2v) is 14.8. The molecular formula is C40H48ClN9O. The number of hydrogen-bond acceptors (Lipinski definition) is 8. The van der Waals surface area contributed by atoms with Gasteiger partial charge in [0, 0.05) is 61.6 Å². The molecule has 51 heavy (non-hydrogen) atoms. The monoisotopic (exact) mass is 705 g/mol. The van der Waals surface area contributed by atoms with Gasteiger partial charge in [-0.15, -0.1) is 5.10 Å². The summed E-state index contributed by atoms with van der Waals surface area (Å²) in [6.07, 6.45) is 11.0. The summed E-state index contributed by atoms with van der Waals surface area (Å²) in [6.45, 7) is 17.0. The molecule has 2 N–H and O–H groups in total. The molecule has 2 aromatic heterocycles. The smallest absolute Gasteiger partial charge is 0.248 e. The summed E-state index contributed by atoms with van der Waals surface area (Å²) < 4.78 is 1.98. The molecule has 5 rings (SSSR count). The molecule has 2 aromatic carbocycles. The molecule has 0 unspecified atom stereocenters. The number of allylic oxidation sites excluding steroid dienone is 2. The van der Waals surface area contributed by atoms with E-state index in [0.29, 0.717) is 49.7 Å². The van der Waals surface area contributed by atoms with Gasteiger partial charge in [-0.2, -0.15) is 5.26 Å². The maximum Gasteiger partial charge on any atom is 0.248 e. The number of anilines is 2.